The van der Waals surface area contributed by atoms with Crippen molar-refractivity contribution < 1.29 is 30.3 Å². The molecule has 68 valence electrons. The van der Waals surface area contributed by atoms with Crippen LogP contribution in [0.5, 0.6) is 0 Å². The van der Waals surface area contributed by atoms with E-state index < -0.39 is 5.97 Å². The Morgan fingerprint density at radius 3 is 2.27 bits per heavy atom. The van der Waals surface area contributed by atoms with Crippen LogP contribution < -0.4 is 5.11 Å². The Hall–Kier alpha value is 0.132. The van der Waals surface area contributed by atoms with Gasteiger partial charge in [0.15, 0.2) is 0 Å². The zero-order valence-corrected chi connectivity index (χ0v) is 8.59. The van der Waals surface area contributed by atoms with E-state index in [1.165, 1.54) is 0 Å². The van der Waals surface area contributed by atoms with Gasteiger partial charge in [-0.1, -0.05) is 26.7 Å². The van der Waals surface area contributed by atoms with Crippen LogP contribution in [0, 0.1) is 5.92 Å². The summed E-state index contributed by atoms with van der Waals surface area (Å²) >= 11 is 0. The largest absolute Gasteiger partial charge is 2.00 e. The first-order chi connectivity index (χ1) is 4.72. The van der Waals surface area contributed by atoms with E-state index in [9.17, 15) is 9.90 Å². The van der Waals surface area contributed by atoms with Crippen molar-refractivity contribution in [2.24, 2.45) is 5.92 Å². The Morgan fingerprint density at radius 1 is 1.45 bits per heavy atom. The number of carbonyl (C=O) groups is 1. The van der Waals surface area contributed by atoms with Crippen LogP contribution in [-0.2, 0) is 25.2 Å². The van der Waals surface area contributed by atoms with E-state index in [-0.39, 0.29) is 26.3 Å². The SMILES string of the molecule is CCCCC(CC)C(=O)[O-].[Pd+2]. The number of aliphatic carboxylic acids is 1. The zero-order chi connectivity index (χ0) is 7.98. The molecule has 0 spiro atoms. The summed E-state index contributed by atoms with van der Waals surface area (Å²) in [5.41, 5.74) is 0. The monoisotopic (exact) mass is 249 g/mol. The number of carboxylic acid groups (broad SMARTS) is 1. The second-order valence-electron chi connectivity index (χ2n) is 2.57. The molecule has 0 saturated heterocycles. The predicted molar refractivity (Wildman–Crippen MR) is 38.3 cm³/mol. The third kappa shape index (κ3) is 6.53. The summed E-state index contributed by atoms with van der Waals surface area (Å²) in [5.74, 6) is -1.11. The van der Waals surface area contributed by atoms with E-state index in [0.29, 0.717) is 6.42 Å². The normalized spacial score (nSPS) is 11.8. The summed E-state index contributed by atoms with van der Waals surface area (Å²) < 4.78 is 0. The van der Waals surface area contributed by atoms with Gasteiger partial charge in [0.25, 0.3) is 0 Å². The summed E-state index contributed by atoms with van der Waals surface area (Å²) in [4.78, 5) is 10.3. The van der Waals surface area contributed by atoms with Gasteiger partial charge in [-0.2, -0.15) is 0 Å². The van der Waals surface area contributed by atoms with Crippen molar-refractivity contribution in [2.75, 3.05) is 0 Å². The Balaban J connectivity index is 0. The molecule has 2 nitrogen and oxygen atoms in total. The number of hydrogen-bond donors (Lipinski definition) is 0. The molecule has 0 aliphatic rings. The van der Waals surface area contributed by atoms with Crippen molar-refractivity contribution in [1.82, 2.24) is 0 Å². The van der Waals surface area contributed by atoms with Crippen molar-refractivity contribution >= 4 is 5.97 Å². The van der Waals surface area contributed by atoms with Crippen LogP contribution in [0.4, 0.5) is 0 Å². The van der Waals surface area contributed by atoms with E-state index in [0.717, 1.165) is 19.3 Å². The minimum atomic E-state index is -0.893. The molecule has 0 fully saturated rings. The molecule has 0 rings (SSSR count). The minimum Gasteiger partial charge on any atom is -0.550 e. The van der Waals surface area contributed by atoms with E-state index in [2.05, 4.69) is 6.92 Å². The van der Waals surface area contributed by atoms with E-state index in [4.69, 9.17) is 0 Å². The van der Waals surface area contributed by atoms with Gasteiger partial charge in [-0.3, -0.25) is 0 Å². The van der Waals surface area contributed by atoms with Gasteiger partial charge in [-0.05, 0) is 18.8 Å². The summed E-state index contributed by atoms with van der Waals surface area (Å²) in [6.07, 6.45) is 3.52. The first-order valence-corrected chi connectivity index (χ1v) is 3.93. The molecule has 0 heterocycles. The standard InChI is InChI=1S/C8H16O2.Pd/c1-3-5-6-7(4-2)8(9)10;/h7H,3-6H2,1-2H3,(H,9,10);/q;+2/p-1. The molecule has 0 bridgehead atoms. The molecule has 0 aromatic carbocycles. The smallest absolute Gasteiger partial charge is 0.550 e. The van der Waals surface area contributed by atoms with E-state index in [1.54, 1.807) is 0 Å². The molecular formula is C8H15O2Pd+. The van der Waals surface area contributed by atoms with Crippen LogP contribution in [0.15, 0.2) is 0 Å². The first-order valence-electron chi connectivity index (χ1n) is 3.93. The van der Waals surface area contributed by atoms with Crippen molar-refractivity contribution in [2.45, 2.75) is 39.5 Å². The van der Waals surface area contributed by atoms with Crippen molar-refractivity contribution in [3.05, 3.63) is 0 Å². The fourth-order valence-electron chi connectivity index (χ4n) is 0.939. The van der Waals surface area contributed by atoms with Crippen molar-refractivity contribution in [3.8, 4) is 0 Å². The Bertz CT molecular complexity index is 104. The third-order valence-electron chi connectivity index (χ3n) is 1.73. The number of carbonyl (C=O) groups excluding carboxylic acids is 1. The molecule has 1 atom stereocenters. The second kappa shape index (κ2) is 8.23. The van der Waals surface area contributed by atoms with Crippen molar-refractivity contribution in [1.29, 1.82) is 0 Å². The van der Waals surface area contributed by atoms with Gasteiger partial charge < -0.3 is 9.90 Å². The molecule has 0 aromatic rings. The molecule has 0 N–H and O–H groups in total. The maximum absolute atomic E-state index is 10.3. The number of unbranched alkanes of at least 4 members (excludes halogenated alkanes) is 1. The van der Waals surface area contributed by atoms with Gasteiger partial charge in [0.1, 0.15) is 0 Å². The molecule has 0 amide bonds. The summed E-state index contributed by atoms with van der Waals surface area (Å²) in [7, 11) is 0. The van der Waals surface area contributed by atoms with Gasteiger partial charge in [0, 0.05) is 5.97 Å². The third-order valence-corrected chi connectivity index (χ3v) is 1.73. The Kier molecular flexibility index (Phi) is 10.3. The number of hydrogen-bond acceptors (Lipinski definition) is 2. The fraction of sp³-hybridized carbons (Fsp3) is 0.875. The molecule has 0 saturated carbocycles. The molecule has 1 unspecified atom stereocenters. The summed E-state index contributed by atoms with van der Waals surface area (Å²) in [5, 5.41) is 10.3. The van der Waals surface area contributed by atoms with Crippen LogP contribution in [0.25, 0.3) is 0 Å². The van der Waals surface area contributed by atoms with Crippen LogP contribution >= 0.6 is 0 Å². The maximum Gasteiger partial charge on any atom is 2.00 e. The Labute approximate surface area is 82.0 Å². The van der Waals surface area contributed by atoms with Crippen LogP contribution in [0.1, 0.15) is 39.5 Å². The molecule has 11 heavy (non-hydrogen) atoms. The quantitative estimate of drug-likeness (QED) is 0.681. The molecule has 3 heteroatoms. The van der Waals surface area contributed by atoms with E-state index in [1.807, 2.05) is 6.92 Å². The van der Waals surface area contributed by atoms with Crippen LogP contribution in [-0.4, -0.2) is 5.97 Å². The first kappa shape index (κ1) is 13.7. The second-order valence-corrected chi connectivity index (χ2v) is 2.57. The zero-order valence-electron chi connectivity index (χ0n) is 7.04. The van der Waals surface area contributed by atoms with Gasteiger partial charge in [-0.25, -0.2) is 0 Å². The minimum absolute atomic E-state index is 0. The fourth-order valence-corrected chi connectivity index (χ4v) is 0.939. The molecule has 0 aromatic heterocycles. The van der Waals surface area contributed by atoms with Crippen LogP contribution in [0.2, 0.25) is 0 Å². The molecule has 0 aliphatic carbocycles. The predicted octanol–water partition coefficient (Wildman–Crippen LogP) is 0.950. The van der Waals surface area contributed by atoms with Gasteiger partial charge in [0.05, 0.1) is 0 Å². The van der Waals surface area contributed by atoms with Gasteiger partial charge in [-0.15, -0.1) is 0 Å². The van der Waals surface area contributed by atoms with Crippen molar-refractivity contribution in [3.63, 3.8) is 0 Å². The number of carboxylic acids is 1. The topological polar surface area (TPSA) is 40.1 Å². The van der Waals surface area contributed by atoms with E-state index >= 15 is 0 Å². The average Bonchev–Trinajstić information content (AvgIpc) is 1.89. The maximum atomic E-state index is 10.3. The number of rotatable bonds is 5. The summed E-state index contributed by atoms with van der Waals surface area (Å²) in [6, 6.07) is 0. The average molecular weight is 250 g/mol. The summed E-state index contributed by atoms with van der Waals surface area (Å²) in [6.45, 7) is 3.94. The molecular weight excluding hydrogens is 235 g/mol. The van der Waals surface area contributed by atoms with Crippen LogP contribution in [0.3, 0.4) is 0 Å². The van der Waals surface area contributed by atoms with Gasteiger partial charge >= 0.3 is 20.4 Å². The molecule has 0 aliphatic heterocycles. The van der Waals surface area contributed by atoms with Gasteiger partial charge in [0.2, 0.25) is 0 Å². The molecule has 0 radical (unpaired) electrons. The Morgan fingerprint density at radius 2 is 2.00 bits per heavy atom.